The van der Waals surface area contributed by atoms with Crippen molar-refractivity contribution in [2.24, 2.45) is 5.92 Å². The summed E-state index contributed by atoms with van der Waals surface area (Å²) in [5.41, 5.74) is 0.105. The van der Waals surface area contributed by atoms with Gasteiger partial charge in [-0.25, -0.2) is 9.59 Å². The van der Waals surface area contributed by atoms with Crippen LogP contribution in [0.4, 0.5) is 4.79 Å². The number of aryl methyl sites for hydroxylation is 1. The lowest BCUT2D eigenvalue weighted by Gasteiger charge is -2.24. The van der Waals surface area contributed by atoms with Crippen molar-refractivity contribution in [2.75, 3.05) is 0 Å². The van der Waals surface area contributed by atoms with Crippen molar-refractivity contribution in [3.05, 3.63) is 28.8 Å². The number of alkyl carbamates (subject to hydrolysis) is 1. The number of benzene rings is 1. The summed E-state index contributed by atoms with van der Waals surface area (Å²) >= 11 is 5.88. The molecular formula is C17H24ClNO4. The van der Waals surface area contributed by atoms with Gasteiger partial charge in [0.25, 0.3) is 0 Å². The van der Waals surface area contributed by atoms with Crippen LogP contribution in [0.2, 0.25) is 5.02 Å². The van der Waals surface area contributed by atoms with Crippen LogP contribution in [0.25, 0.3) is 0 Å². The van der Waals surface area contributed by atoms with Gasteiger partial charge in [-0.3, -0.25) is 0 Å². The Morgan fingerprint density at radius 2 is 1.83 bits per heavy atom. The van der Waals surface area contributed by atoms with Crippen molar-refractivity contribution in [1.29, 1.82) is 0 Å². The highest BCUT2D eigenvalue weighted by Gasteiger charge is 2.28. The fourth-order valence-corrected chi connectivity index (χ4v) is 2.06. The van der Waals surface area contributed by atoms with E-state index in [0.717, 1.165) is 5.56 Å². The average molecular weight is 342 g/mol. The molecule has 0 fully saturated rings. The lowest BCUT2D eigenvalue weighted by molar-refractivity contribution is -0.138. The van der Waals surface area contributed by atoms with Crippen molar-refractivity contribution in [1.82, 2.24) is 5.32 Å². The topological polar surface area (TPSA) is 64.6 Å². The largest absolute Gasteiger partial charge is 0.444 e. The zero-order chi connectivity index (χ0) is 17.8. The molecule has 6 heteroatoms. The second-order valence-corrected chi connectivity index (χ2v) is 7.14. The molecule has 0 aliphatic carbocycles. The summed E-state index contributed by atoms with van der Waals surface area (Å²) in [4.78, 5) is 24.3. The summed E-state index contributed by atoms with van der Waals surface area (Å²) in [6.07, 6.45) is -0.652. The SMILES string of the molecule is Cc1cc(Cl)ccc1OC(=O)[C@@H](NC(=O)OC(C)(C)C)C(C)C. The molecule has 23 heavy (non-hydrogen) atoms. The van der Waals surface area contributed by atoms with Gasteiger partial charge in [0.05, 0.1) is 0 Å². The third-order valence-electron chi connectivity index (χ3n) is 2.94. The van der Waals surface area contributed by atoms with E-state index in [-0.39, 0.29) is 5.92 Å². The van der Waals surface area contributed by atoms with E-state index < -0.39 is 23.7 Å². The van der Waals surface area contributed by atoms with Gasteiger partial charge in [-0.2, -0.15) is 0 Å². The molecule has 128 valence electrons. The Balaban J connectivity index is 2.81. The number of carbonyl (C=O) groups excluding carboxylic acids is 2. The van der Waals surface area contributed by atoms with Gasteiger partial charge in [-0.1, -0.05) is 25.4 Å². The fourth-order valence-electron chi connectivity index (χ4n) is 1.83. The molecule has 0 aliphatic rings. The Bertz CT molecular complexity index is 578. The Kier molecular flexibility index (Phi) is 6.45. The standard InChI is InChI=1S/C17H24ClNO4/c1-10(2)14(19-16(21)23-17(4,5)6)15(20)22-13-8-7-12(18)9-11(13)3/h7-10,14H,1-6H3,(H,19,21)/t14-/m0/s1. The van der Waals surface area contributed by atoms with Crippen molar-refractivity contribution in [3.63, 3.8) is 0 Å². The number of rotatable bonds is 4. The van der Waals surface area contributed by atoms with Crippen LogP contribution in [-0.2, 0) is 9.53 Å². The Morgan fingerprint density at radius 1 is 1.22 bits per heavy atom. The highest BCUT2D eigenvalue weighted by atomic mass is 35.5. The molecule has 0 aromatic heterocycles. The summed E-state index contributed by atoms with van der Waals surface area (Å²) in [6, 6.07) is 4.17. The lowest BCUT2D eigenvalue weighted by atomic mass is 10.1. The molecule has 0 bridgehead atoms. The minimum absolute atomic E-state index is 0.150. The highest BCUT2D eigenvalue weighted by Crippen LogP contribution is 2.22. The van der Waals surface area contributed by atoms with Crippen LogP contribution in [0, 0.1) is 12.8 Å². The van der Waals surface area contributed by atoms with Crippen LogP contribution in [-0.4, -0.2) is 23.7 Å². The van der Waals surface area contributed by atoms with Crippen molar-refractivity contribution < 1.29 is 19.1 Å². The van der Waals surface area contributed by atoms with Crippen molar-refractivity contribution in [3.8, 4) is 5.75 Å². The molecule has 0 saturated carbocycles. The van der Waals surface area contributed by atoms with Gasteiger partial charge in [-0.15, -0.1) is 0 Å². The summed E-state index contributed by atoms with van der Waals surface area (Å²) in [7, 11) is 0. The first-order chi connectivity index (χ1) is 10.5. The minimum atomic E-state index is -0.806. The molecule has 0 aliphatic heterocycles. The molecule has 0 heterocycles. The van der Waals surface area contributed by atoms with Crippen LogP contribution in [0.15, 0.2) is 18.2 Å². The number of nitrogens with one attached hydrogen (secondary N) is 1. The summed E-state index contributed by atoms with van der Waals surface area (Å²) < 4.78 is 10.6. The third kappa shape index (κ3) is 6.48. The summed E-state index contributed by atoms with van der Waals surface area (Å²) in [5.74, 6) is -0.282. The van der Waals surface area contributed by atoms with Gasteiger partial charge in [0.1, 0.15) is 17.4 Å². The van der Waals surface area contributed by atoms with Crippen LogP contribution < -0.4 is 10.1 Å². The summed E-state index contributed by atoms with van der Waals surface area (Å²) in [6.45, 7) is 10.7. The maximum absolute atomic E-state index is 12.4. The Hall–Kier alpha value is -1.75. The zero-order valence-corrected chi connectivity index (χ0v) is 15.2. The first-order valence-electron chi connectivity index (χ1n) is 7.47. The number of esters is 1. The van der Waals surface area contributed by atoms with Crippen LogP contribution in [0.5, 0.6) is 5.75 Å². The van der Waals surface area contributed by atoms with E-state index in [1.54, 1.807) is 45.9 Å². The Morgan fingerprint density at radius 3 is 2.30 bits per heavy atom. The molecule has 1 aromatic carbocycles. The normalized spacial score (nSPS) is 12.7. The average Bonchev–Trinajstić information content (AvgIpc) is 2.36. The smallest absolute Gasteiger partial charge is 0.408 e. The van der Waals surface area contributed by atoms with E-state index in [4.69, 9.17) is 21.1 Å². The van der Waals surface area contributed by atoms with Gasteiger partial charge < -0.3 is 14.8 Å². The molecule has 1 N–H and O–H groups in total. The fraction of sp³-hybridized carbons (Fsp3) is 0.529. The first kappa shape index (κ1) is 19.3. The van der Waals surface area contributed by atoms with Gasteiger partial charge in [0.2, 0.25) is 0 Å². The number of ether oxygens (including phenoxy) is 2. The molecule has 1 rings (SSSR count). The predicted molar refractivity (Wildman–Crippen MR) is 89.8 cm³/mol. The zero-order valence-electron chi connectivity index (χ0n) is 14.4. The maximum atomic E-state index is 12.4. The molecule has 0 unspecified atom stereocenters. The number of hydrogen-bond donors (Lipinski definition) is 1. The molecule has 1 aromatic rings. The van der Waals surface area contributed by atoms with Gasteiger partial charge in [0, 0.05) is 5.02 Å². The van der Waals surface area contributed by atoms with E-state index in [1.165, 1.54) is 0 Å². The quantitative estimate of drug-likeness (QED) is 0.661. The second-order valence-electron chi connectivity index (χ2n) is 6.70. The van der Waals surface area contributed by atoms with Crippen molar-refractivity contribution >= 4 is 23.7 Å². The van der Waals surface area contributed by atoms with Crippen LogP contribution >= 0.6 is 11.6 Å². The lowest BCUT2D eigenvalue weighted by Crippen LogP contribution is -2.48. The van der Waals surface area contributed by atoms with Gasteiger partial charge in [0.15, 0.2) is 0 Å². The van der Waals surface area contributed by atoms with Crippen molar-refractivity contribution in [2.45, 2.75) is 53.2 Å². The van der Waals surface area contributed by atoms with E-state index in [2.05, 4.69) is 5.32 Å². The van der Waals surface area contributed by atoms with Gasteiger partial charge in [-0.05, 0) is 57.4 Å². The number of hydrogen-bond acceptors (Lipinski definition) is 4. The number of amides is 1. The van der Waals surface area contributed by atoms with E-state index in [1.807, 2.05) is 13.8 Å². The molecule has 0 saturated heterocycles. The molecule has 0 radical (unpaired) electrons. The van der Waals surface area contributed by atoms with E-state index in [9.17, 15) is 9.59 Å². The van der Waals surface area contributed by atoms with Gasteiger partial charge >= 0.3 is 12.1 Å². The van der Waals surface area contributed by atoms with Crippen LogP contribution in [0.1, 0.15) is 40.2 Å². The van der Waals surface area contributed by atoms with E-state index in [0.29, 0.717) is 10.8 Å². The number of halogens is 1. The maximum Gasteiger partial charge on any atom is 0.408 e. The first-order valence-corrected chi connectivity index (χ1v) is 7.85. The minimum Gasteiger partial charge on any atom is -0.444 e. The molecule has 5 nitrogen and oxygen atoms in total. The predicted octanol–water partition coefficient (Wildman–Crippen LogP) is 4.10. The monoisotopic (exact) mass is 341 g/mol. The van der Waals surface area contributed by atoms with Crippen LogP contribution in [0.3, 0.4) is 0 Å². The molecule has 1 atom stereocenters. The molecule has 1 amide bonds. The Labute approximate surface area is 142 Å². The second kappa shape index (κ2) is 7.68. The number of carbonyl (C=O) groups is 2. The van der Waals surface area contributed by atoms with E-state index >= 15 is 0 Å². The molecular weight excluding hydrogens is 318 g/mol. The highest BCUT2D eigenvalue weighted by molar-refractivity contribution is 6.30. The molecule has 0 spiro atoms. The third-order valence-corrected chi connectivity index (χ3v) is 3.18. The summed E-state index contributed by atoms with van der Waals surface area (Å²) in [5, 5.41) is 3.13.